The Labute approximate surface area is 160 Å². The summed E-state index contributed by atoms with van der Waals surface area (Å²) in [6, 6.07) is 12.8. The number of nitrogens with two attached hydrogens (primary N) is 1. The number of nitrogens with zero attached hydrogens (tertiary/aromatic N) is 1. The monoisotopic (exact) mass is 397 g/mol. The van der Waals surface area contributed by atoms with Gasteiger partial charge < -0.3 is 11.1 Å². The Morgan fingerprint density at radius 3 is 2.65 bits per heavy atom. The van der Waals surface area contributed by atoms with Gasteiger partial charge in [0.2, 0.25) is 15.9 Å². The summed E-state index contributed by atoms with van der Waals surface area (Å²) < 4.78 is 27.4. The van der Waals surface area contributed by atoms with E-state index in [9.17, 15) is 13.2 Å². The highest BCUT2D eigenvalue weighted by Crippen LogP contribution is 2.26. The molecule has 2 aromatic rings. The van der Waals surface area contributed by atoms with Crippen molar-refractivity contribution in [3.8, 4) is 0 Å². The SMILES string of the molecule is Cl.NCCNC(=O)C1CCCN(S(=O)(=O)c2ccc3ccccc3c2)C1. The van der Waals surface area contributed by atoms with Crippen LogP contribution in [0.2, 0.25) is 0 Å². The summed E-state index contributed by atoms with van der Waals surface area (Å²) in [5.41, 5.74) is 5.40. The summed E-state index contributed by atoms with van der Waals surface area (Å²) in [5, 5.41) is 4.64. The van der Waals surface area contributed by atoms with E-state index in [1.54, 1.807) is 12.1 Å². The second-order valence-corrected chi connectivity index (χ2v) is 8.23. The second-order valence-electron chi connectivity index (χ2n) is 6.29. The average molecular weight is 398 g/mol. The number of rotatable bonds is 5. The third-order valence-electron chi connectivity index (χ3n) is 4.56. The maximum absolute atomic E-state index is 13.0. The van der Waals surface area contributed by atoms with Crippen LogP contribution in [-0.4, -0.2) is 44.8 Å². The molecule has 0 radical (unpaired) electrons. The van der Waals surface area contributed by atoms with Crippen molar-refractivity contribution in [1.82, 2.24) is 9.62 Å². The number of piperidine rings is 1. The molecular weight excluding hydrogens is 374 g/mol. The maximum Gasteiger partial charge on any atom is 0.243 e. The van der Waals surface area contributed by atoms with Gasteiger partial charge in [0.1, 0.15) is 0 Å². The first-order valence-corrected chi connectivity index (χ1v) is 9.93. The molecule has 0 saturated carbocycles. The molecule has 0 aliphatic carbocycles. The van der Waals surface area contributed by atoms with E-state index in [2.05, 4.69) is 5.32 Å². The van der Waals surface area contributed by atoms with Crippen LogP contribution in [-0.2, 0) is 14.8 Å². The average Bonchev–Trinajstić information content (AvgIpc) is 2.65. The third kappa shape index (κ3) is 4.35. The predicted octanol–water partition coefficient (Wildman–Crippen LogP) is 1.74. The van der Waals surface area contributed by atoms with Gasteiger partial charge in [-0.25, -0.2) is 8.42 Å². The molecule has 2 aromatic carbocycles. The molecule has 1 amide bonds. The van der Waals surface area contributed by atoms with Gasteiger partial charge >= 0.3 is 0 Å². The molecule has 3 rings (SSSR count). The van der Waals surface area contributed by atoms with Crippen molar-refractivity contribution in [1.29, 1.82) is 0 Å². The van der Waals surface area contributed by atoms with Crippen molar-refractivity contribution >= 4 is 39.1 Å². The summed E-state index contributed by atoms with van der Waals surface area (Å²) >= 11 is 0. The van der Waals surface area contributed by atoms with Crippen LogP contribution < -0.4 is 11.1 Å². The Kier molecular flexibility index (Phi) is 7.00. The van der Waals surface area contributed by atoms with Crippen LogP contribution in [0.4, 0.5) is 0 Å². The van der Waals surface area contributed by atoms with Crippen molar-refractivity contribution in [3.05, 3.63) is 42.5 Å². The van der Waals surface area contributed by atoms with Gasteiger partial charge in [-0.1, -0.05) is 30.3 Å². The van der Waals surface area contributed by atoms with Gasteiger partial charge in [-0.15, -0.1) is 12.4 Å². The number of amides is 1. The topological polar surface area (TPSA) is 92.5 Å². The highest BCUT2D eigenvalue weighted by molar-refractivity contribution is 7.89. The third-order valence-corrected chi connectivity index (χ3v) is 6.42. The van der Waals surface area contributed by atoms with Crippen molar-refractivity contribution in [2.45, 2.75) is 17.7 Å². The highest BCUT2D eigenvalue weighted by atomic mass is 35.5. The lowest BCUT2D eigenvalue weighted by atomic mass is 9.99. The molecule has 1 saturated heterocycles. The van der Waals surface area contributed by atoms with Gasteiger partial charge in [0.15, 0.2) is 0 Å². The van der Waals surface area contributed by atoms with Crippen molar-refractivity contribution < 1.29 is 13.2 Å². The Morgan fingerprint density at radius 1 is 1.19 bits per heavy atom. The number of sulfonamides is 1. The summed E-state index contributed by atoms with van der Waals surface area (Å²) in [6.07, 6.45) is 1.37. The minimum absolute atomic E-state index is 0. The van der Waals surface area contributed by atoms with Crippen LogP contribution in [0.15, 0.2) is 47.4 Å². The molecule has 1 aliphatic rings. The molecule has 0 spiro atoms. The van der Waals surface area contributed by atoms with Crippen LogP contribution in [0.5, 0.6) is 0 Å². The summed E-state index contributed by atoms with van der Waals surface area (Å²) in [6.45, 7) is 1.44. The van der Waals surface area contributed by atoms with E-state index >= 15 is 0 Å². The standard InChI is InChI=1S/C18H23N3O3S.ClH/c19-9-10-20-18(22)16-6-3-11-21(13-16)25(23,24)17-8-7-14-4-1-2-5-15(14)12-17;/h1-2,4-5,7-8,12,16H,3,6,9-11,13,19H2,(H,20,22);1H. The number of fused-ring (bicyclic) bond motifs is 1. The van der Waals surface area contributed by atoms with E-state index in [1.807, 2.05) is 30.3 Å². The predicted molar refractivity (Wildman–Crippen MR) is 105 cm³/mol. The maximum atomic E-state index is 13.0. The van der Waals surface area contributed by atoms with Crippen LogP contribution in [0, 0.1) is 5.92 Å². The van der Waals surface area contributed by atoms with Crippen LogP contribution in [0.1, 0.15) is 12.8 Å². The second kappa shape index (κ2) is 8.81. The minimum atomic E-state index is -3.61. The molecule has 6 nitrogen and oxygen atoms in total. The fourth-order valence-corrected chi connectivity index (χ4v) is 4.75. The van der Waals surface area contributed by atoms with Gasteiger partial charge in [0.05, 0.1) is 10.8 Å². The number of benzene rings is 2. The van der Waals surface area contributed by atoms with Crippen molar-refractivity contribution in [2.24, 2.45) is 11.7 Å². The zero-order chi connectivity index (χ0) is 17.9. The molecule has 142 valence electrons. The fourth-order valence-electron chi connectivity index (χ4n) is 3.19. The lowest BCUT2D eigenvalue weighted by molar-refractivity contribution is -0.126. The number of nitrogens with one attached hydrogen (secondary N) is 1. The molecule has 3 N–H and O–H groups in total. The molecule has 0 bridgehead atoms. The van der Waals surface area contributed by atoms with Crippen molar-refractivity contribution in [3.63, 3.8) is 0 Å². The minimum Gasteiger partial charge on any atom is -0.355 e. The summed E-state index contributed by atoms with van der Waals surface area (Å²) in [4.78, 5) is 12.4. The molecule has 1 aliphatic heterocycles. The van der Waals surface area contributed by atoms with Gasteiger partial charge in [0, 0.05) is 26.2 Å². The Hall–Kier alpha value is -1.67. The van der Waals surface area contributed by atoms with Gasteiger partial charge in [-0.05, 0) is 35.7 Å². The van der Waals surface area contributed by atoms with Gasteiger partial charge in [0.25, 0.3) is 0 Å². The molecule has 1 unspecified atom stereocenters. The Morgan fingerprint density at radius 2 is 1.92 bits per heavy atom. The number of halogens is 1. The molecule has 0 aromatic heterocycles. The van der Waals surface area contributed by atoms with E-state index in [0.29, 0.717) is 32.5 Å². The van der Waals surface area contributed by atoms with E-state index < -0.39 is 10.0 Å². The van der Waals surface area contributed by atoms with E-state index in [4.69, 9.17) is 5.73 Å². The Balaban J connectivity index is 0.00000243. The number of hydrogen-bond donors (Lipinski definition) is 2. The summed E-state index contributed by atoms with van der Waals surface area (Å²) in [7, 11) is -3.61. The molecule has 1 heterocycles. The first-order chi connectivity index (χ1) is 12.0. The number of hydrogen-bond acceptors (Lipinski definition) is 4. The highest BCUT2D eigenvalue weighted by Gasteiger charge is 2.33. The normalized spacial score (nSPS) is 18.3. The smallest absolute Gasteiger partial charge is 0.243 e. The fraction of sp³-hybridized carbons (Fsp3) is 0.389. The van der Waals surface area contributed by atoms with E-state index in [0.717, 1.165) is 10.8 Å². The summed E-state index contributed by atoms with van der Waals surface area (Å²) in [5.74, 6) is -0.445. The van der Waals surface area contributed by atoms with Crippen molar-refractivity contribution in [2.75, 3.05) is 26.2 Å². The van der Waals surface area contributed by atoms with E-state index in [1.165, 1.54) is 4.31 Å². The Bertz CT molecular complexity index is 873. The lowest BCUT2D eigenvalue weighted by Crippen LogP contribution is -2.46. The number of carbonyl (C=O) groups is 1. The molecule has 1 atom stereocenters. The van der Waals surface area contributed by atoms with Crippen LogP contribution in [0.3, 0.4) is 0 Å². The number of carbonyl (C=O) groups excluding carboxylic acids is 1. The van der Waals surface area contributed by atoms with Crippen LogP contribution >= 0.6 is 12.4 Å². The largest absolute Gasteiger partial charge is 0.355 e. The molecular formula is C18H24ClN3O3S. The molecule has 26 heavy (non-hydrogen) atoms. The molecule has 8 heteroatoms. The van der Waals surface area contributed by atoms with Gasteiger partial charge in [-0.2, -0.15) is 4.31 Å². The molecule has 1 fully saturated rings. The lowest BCUT2D eigenvalue weighted by Gasteiger charge is -2.31. The first kappa shape index (κ1) is 20.6. The quantitative estimate of drug-likeness (QED) is 0.803. The zero-order valence-corrected chi connectivity index (χ0v) is 16.1. The van der Waals surface area contributed by atoms with E-state index in [-0.39, 0.29) is 35.7 Å². The van der Waals surface area contributed by atoms with Crippen LogP contribution in [0.25, 0.3) is 10.8 Å². The first-order valence-electron chi connectivity index (χ1n) is 8.49. The van der Waals surface area contributed by atoms with Gasteiger partial charge in [-0.3, -0.25) is 4.79 Å². The zero-order valence-electron chi connectivity index (χ0n) is 14.4.